The van der Waals surface area contributed by atoms with E-state index in [-0.39, 0.29) is 12.5 Å². The molecule has 0 unspecified atom stereocenters. The van der Waals surface area contributed by atoms with Gasteiger partial charge in [-0.05, 0) is 55.0 Å². The van der Waals surface area contributed by atoms with Gasteiger partial charge in [0, 0.05) is 18.2 Å². The van der Waals surface area contributed by atoms with Crippen LogP contribution in [0.25, 0.3) is 11.4 Å². The Balaban J connectivity index is 1.63. The van der Waals surface area contributed by atoms with Gasteiger partial charge in [0.2, 0.25) is 11.7 Å². The lowest BCUT2D eigenvalue weighted by molar-refractivity contribution is 0.0769. The number of carbonyl (C=O) groups excluding carboxylic acids is 1. The van der Waals surface area contributed by atoms with E-state index in [2.05, 4.69) is 10.1 Å². The van der Waals surface area contributed by atoms with Gasteiger partial charge in [0.25, 0.3) is 5.91 Å². The number of hydrogen-bond donors (Lipinski definition) is 0. The van der Waals surface area contributed by atoms with E-state index in [0.29, 0.717) is 23.9 Å². The number of rotatable bonds is 8. The molecule has 0 fully saturated rings. The van der Waals surface area contributed by atoms with Crippen molar-refractivity contribution in [2.45, 2.75) is 19.9 Å². The van der Waals surface area contributed by atoms with Crippen molar-refractivity contribution in [3.8, 4) is 22.9 Å². The lowest BCUT2D eigenvalue weighted by Gasteiger charge is -2.15. The summed E-state index contributed by atoms with van der Waals surface area (Å²) in [6.45, 7) is 2.92. The minimum absolute atomic E-state index is 0.133. The highest BCUT2D eigenvalue weighted by molar-refractivity contribution is 5.94. The van der Waals surface area contributed by atoms with E-state index in [0.717, 1.165) is 23.5 Å². The first-order valence-corrected chi connectivity index (χ1v) is 9.06. The van der Waals surface area contributed by atoms with Gasteiger partial charge in [-0.3, -0.25) is 4.79 Å². The molecular formula is C21H23N3O4. The van der Waals surface area contributed by atoms with Crippen molar-refractivity contribution in [3.05, 3.63) is 60.0 Å². The smallest absolute Gasteiger partial charge is 0.254 e. The van der Waals surface area contributed by atoms with Crippen LogP contribution in [-0.2, 0) is 6.54 Å². The summed E-state index contributed by atoms with van der Waals surface area (Å²) < 4.78 is 16.0. The van der Waals surface area contributed by atoms with Crippen LogP contribution in [0.5, 0.6) is 11.5 Å². The van der Waals surface area contributed by atoms with Gasteiger partial charge in [-0.15, -0.1) is 0 Å². The lowest BCUT2D eigenvalue weighted by Crippen LogP contribution is -2.26. The van der Waals surface area contributed by atoms with Crippen molar-refractivity contribution in [2.75, 3.05) is 20.8 Å². The standard InChI is InChI=1S/C21H23N3O4/c1-4-13-27-18-11-7-16(8-12-18)21(25)24(2)14-19-22-20(23-28-19)15-5-9-17(26-3)10-6-15/h5-12H,4,13-14H2,1-3H3. The number of methoxy groups -OCH3 is 1. The third-order valence-electron chi connectivity index (χ3n) is 4.11. The van der Waals surface area contributed by atoms with Crippen LogP contribution >= 0.6 is 0 Å². The summed E-state index contributed by atoms with van der Waals surface area (Å²) in [6.07, 6.45) is 0.937. The molecule has 0 saturated carbocycles. The second-order valence-corrected chi connectivity index (χ2v) is 6.27. The first-order chi connectivity index (χ1) is 13.6. The third kappa shape index (κ3) is 4.68. The number of hydrogen-bond acceptors (Lipinski definition) is 6. The van der Waals surface area contributed by atoms with Crippen LogP contribution < -0.4 is 9.47 Å². The summed E-state index contributed by atoms with van der Waals surface area (Å²) in [6, 6.07) is 14.5. The molecule has 146 valence electrons. The van der Waals surface area contributed by atoms with E-state index in [1.807, 2.05) is 31.2 Å². The molecule has 3 aromatic rings. The Morgan fingerprint density at radius 3 is 2.39 bits per heavy atom. The summed E-state index contributed by atoms with van der Waals surface area (Å²) >= 11 is 0. The molecule has 0 aliphatic heterocycles. The maximum atomic E-state index is 12.6. The summed E-state index contributed by atoms with van der Waals surface area (Å²) in [4.78, 5) is 18.5. The van der Waals surface area contributed by atoms with Crippen molar-refractivity contribution >= 4 is 5.91 Å². The van der Waals surface area contributed by atoms with Gasteiger partial charge in [-0.25, -0.2) is 0 Å². The van der Waals surface area contributed by atoms with Gasteiger partial charge in [0.15, 0.2) is 0 Å². The molecule has 0 radical (unpaired) electrons. The van der Waals surface area contributed by atoms with Crippen LogP contribution in [0.4, 0.5) is 0 Å². The van der Waals surface area contributed by atoms with Crippen LogP contribution in [0.15, 0.2) is 53.1 Å². The number of nitrogens with zero attached hydrogens (tertiary/aromatic N) is 3. The second kappa shape index (κ2) is 9.03. The Kier molecular flexibility index (Phi) is 6.26. The molecule has 7 heteroatoms. The van der Waals surface area contributed by atoms with Crippen LogP contribution in [0.3, 0.4) is 0 Å². The molecule has 0 saturated heterocycles. The van der Waals surface area contributed by atoms with Crippen LogP contribution in [0, 0.1) is 0 Å². The van der Waals surface area contributed by atoms with Crippen LogP contribution in [0.2, 0.25) is 0 Å². The summed E-state index contributed by atoms with van der Waals surface area (Å²) in [7, 11) is 3.31. The van der Waals surface area contributed by atoms with Crippen molar-refractivity contribution < 1.29 is 18.8 Å². The van der Waals surface area contributed by atoms with E-state index in [9.17, 15) is 4.79 Å². The first-order valence-electron chi connectivity index (χ1n) is 9.06. The Bertz CT molecular complexity index is 904. The molecule has 3 rings (SSSR count). The molecular weight excluding hydrogens is 358 g/mol. The maximum Gasteiger partial charge on any atom is 0.254 e. The van der Waals surface area contributed by atoms with E-state index >= 15 is 0 Å². The van der Waals surface area contributed by atoms with Crippen LogP contribution in [-0.4, -0.2) is 41.7 Å². The first kappa shape index (κ1) is 19.4. The number of carbonyl (C=O) groups is 1. The average Bonchev–Trinajstić information content (AvgIpc) is 3.20. The molecule has 0 bridgehead atoms. The Morgan fingerprint density at radius 1 is 1.07 bits per heavy atom. The second-order valence-electron chi connectivity index (χ2n) is 6.27. The number of ether oxygens (including phenoxy) is 2. The molecule has 2 aromatic carbocycles. The summed E-state index contributed by atoms with van der Waals surface area (Å²) in [5.41, 5.74) is 1.38. The largest absolute Gasteiger partial charge is 0.497 e. The monoisotopic (exact) mass is 381 g/mol. The Morgan fingerprint density at radius 2 is 1.75 bits per heavy atom. The summed E-state index contributed by atoms with van der Waals surface area (Å²) in [5.74, 6) is 2.21. The molecule has 0 aliphatic carbocycles. The average molecular weight is 381 g/mol. The van der Waals surface area contributed by atoms with Crippen LogP contribution in [0.1, 0.15) is 29.6 Å². The Labute approximate surface area is 163 Å². The van der Waals surface area contributed by atoms with Gasteiger partial charge in [-0.2, -0.15) is 4.98 Å². The van der Waals surface area contributed by atoms with Gasteiger partial charge in [-0.1, -0.05) is 12.1 Å². The number of amides is 1. The van der Waals surface area contributed by atoms with E-state index in [1.165, 1.54) is 4.90 Å². The number of aromatic nitrogens is 2. The molecule has 0 aliphatic rings. The highest BCUT2D eigenvalue weighted by Crippen LogP contribution is 2.20. The predicted molar refractivity (Wildman–Crippen MR) is 104 cm³/mol. The highest BCUT2D eigenvalue weighted by atomic mass is 16.5. The molecule has 28 heavy (non-hydrogen) atoms. The zero-order chi connectivity index (χ0) is 19.9. The fraction of sp³-hybridized carbons (Fsp3) is 0.286. The van der Waals surface area contributed by atoms with Crippen molar-refractivity contribution in [3.63, 3.8) is 0 Å². The lowest BCUT2D eigenvalue weighted by atomic mass is 10.2. The van der Waals surface area contributed by atoms with Crippen molar-refractivity contribution in [1.29, 1.82) is 0 Å². The molecule has 0 N–H and O–H groups in total. The van der Waals surface area contributed by atoms with Gasteiger partial charge in [0.1, 0.15) is 11.5 Å². The zero-order valence-corrected chi connectivity index (χ0v) is 16.2. The van der Waals surface area contributed by atoms with Gasteiger partial charge >= 0.3 is 0 Å². The third-order valence-corrected chi connectivity index (χ3v) is 4.11. The minimum Gasteiger partial charge on any atom is -0.497 e. The van der Waals surface area contributed by atoms with E-state index in [4.69, 9.17) is 14.0 Å². The molecule has 1 heterocycles. The van der Waals surface area contributed by atoms with E-state index < -0.39 is 0 Å². The molecule has 1 aromatic heterocycles. The fourth-order valence-electron chi connectivity index (χ4n) is 2.59. The number of benzene rings is 2. The van der Waals surface area contributed by atoms with Gasteiger partial charge in [0.05, 0.1) is 20.3 Å². The molecule has 0 spiro atoms. The minimum atomic E-state index is -0.133. The SMILES string of the molecule is CCCOc1ccc(C(=O)N(C)Cc2nc(-c3ccc(OC)cc3)no2)cc1. The molecule has 0 atom stereocenters. The maximum absolute atomic E-state index is 12.6. The fourth-order valence-corrected chi connectivity index (χ4v) is 2.59. The quantitative estimate of drug-likeness (QED) is 0.590. The van der Waals surface area contributed by atoms with Crippen molar-refractivity contribution in [1.82, 2.24) is 15.0 Å². The predicted octanol–water partition coefficient (Wildman–Crippen LogP) is 3.81. The highest BCUT2D eigenvalue weighted by Gasteiger charge is 2.16. The summed E-state index contributed by atoms with van der Waals surface area (Å²) in [5, 5.41) is 3.99. The molecule has 1 amide bonds. The Hall–Kier alpha value is -3.35. The topological polar surface area (TPSA) is 77.7 Å². The van der Waals surface area contributed by atoms with E-state index in [1.54, 1.807) is 38.4 Å². The normalized spacial score (nSPS) is 10.5. The zero-order valence-electron chi connectivity index (χ0n) is 16.2. The molecule has 7 nitrogen and oxygen atoms in total. The van der Waals surface area contributed by atoms with Gasteiger partial charge < -0.3 is 18.9 Å². The van der Waals surface area contributed by atoms with Crippen molar-refractivity contribution in [2.24, 2.45) is 0 Å².